The Morgan fingerprint density at radius 3 is 2.48 bits per heavy atom. The lowest BCUT2D eigenvalue weighted by Gasteiger charge is -2.37. The van der Waals surface area contributed by atoms with E-state index in [4.69, 9.17) is 4.74 Å². The quantitative estimate of drug-likeness (QED) is 0.368. The van der Waals surface area contributed by atoms with Gasteiger partial charge < -0.3 is 35.6 Å². The van der Waals surface area contributed by atoms with Crippen LogP contribution in [0.1, 0.15) is 35.9 Å². The first-order valence-corrected chi connectivity index (χ1v) is 9.34. The summed E-state index contributed by atoms with van der Waals surface area (Å²) in [6.45, 7) is -0.355. The van der Waals surface area contributed by atoms with Crippen molar-refractivity contribution in [2.45, 2.75) is 49.2 Å². The maximum atomic E-state index is 12.4. The number of aromatic nitrogens is 2. The molecule has 10 heteroatoms. The van der Waals surface area contributed by atoms with Crippen LogP contribution in [0.3, 0.4) is 0 Å². The molecule has 10 nitrogen and oxygen atoms in total. The van der Waals surface area contributed by atoms with Crippen molar-refractivity contribution < 1.29 is 30.3 Å². The smallest absolute Gasteiger partial charge is 0.351 e. The molecule has 0 saturated carbocycles. The number of ether oxygens (including phenoxy) is 1. The van der Waals surface area contributed by atoms with Gasteiger partial charge in [0.2, 0.25) is 0 Å². The van der Waals surface area contributed by atoms with Crippen LogP contribution in [0.2, 0.25) is 0 Å². The molecule has 2 aromatic rings. The first kappa shape index (κ1) is 20.0. The Kier molecular flexibility index (Phi) is 5.38. The van der Waals surface area contributed by atoms with Crippen LogP contribution in [0.15, 0.2) is 41.3 Å². The molecule has 1 aromatic heterocycles. The van der Waals surface area contributed by atoms with E-state index in [2.05, 4.69) is 10.3 Å². The molecule has 0 unspecified atom stereocenters. The Hall–Kier alpha value is -2.34. The van der Waals surface area contributed by atoms with Gasteiger partial charge in [-0.2, -0.15) is 4.98 Å². The van der Waals surface area contributed by atoms with Crippen LogP contribution in [-0.4, -0.2) is 66.1 Å². The molecule has 1 aliphatic carbocycles. The third-order valence-electron chi connectivity index (χ3n) is 5.49. The molecule has 1 saturated heterocycles. The van der Waals surface area contributed by atoms with Gasteiger partial charge in [0, 0.05) is 12.6 Å². The molecule has 29 heavy (non-hydrogen) atoms. The maximum Gasteiger partial charge on any atom is 0.351 e. The predicted octanol–water partition coefficient (Wildman–Crippen LogP) is -1.19. The van der Waals surface area contributed by atoms with E-state index in [9.17, 15) is 30.3 Å². The maximum absolute atomic E-state index is 12.4. The molecule has 0 amide bonds. The minimum Gasteiger partial charge on any atom is -0.394 e. The van der Waals surface area contributed by atoms with Gasteiger partial charge in [-0.15, -0.1) is 0 Å². The monoisotopic (exact) mass is 405 g/mol. The Balaban J connectivity index is 1.58. The second kappa shape index (κ2) is 7.82. The topological polar surface area (TPSA) is 157 Å². The average Bonchev–Trinajstić information content (AvgIpc) is 3.10. The Morgan fingerprint density at radius 1 is 1.10 bits per heavy atom. The Bertz CT molecular complexity index is 936. The first-order valence-electron chi connectivity index (χ1n) is 9.34. The zero-order chi connectivity index (χ0) is 20.7. The van der Waals surface area contributed by atoms with Crippen molar-refractivity contribution in [3.8, 4) is 0 Å². The van der Waals surface area contributed by atoms with Gasteiger partial charge in [0.05, 0.1) is 18.8 Å². The van der Waals surface area contributed by atoms with Crippen molar-refractivity contribution in [3.05, 3.63) is 58.1 Å². The van der Waals surface area contributed by atoms with Gasteiger partial charge >= 0.3 is 5.69 Å². The molecule has 1 aromatic carbocycles. The standard InChI is InChI=1S/C19H23N3O7/c23-8-12-11(24)7-14(29-12)22-6-5-13(21-19(22)28)20-15-9-3-1-2-4-10(9)16(25)18(27)17(15)26/h1-6,11-12,14-18,23-27H,7-8H2,(H,20,21,28)/t11-,12+,14+,15-,16+,17+,18-/m0/s1. The predicted molar refractivity (Wildman–Crippen MR) is 99.9 cm³/mol. The number of hydrogen-bond acceptors (Lipinski definition) is 9. The molecule has 1 fully saturated rings. The molecule has 2 aliphatic rings. The highest BCUT2D eigenvalue weighted by atomic mass is 16.5. The van der Waals surface area contributed by atoms with Gasteiger partial charge in [-0.05, 0) is 17.2 Å². The lowest BCUT2D eigenvalue weighted by Crippen LogP contribution is -2.44. The summed E-state index contributed by atoms with van der Waals surface area (Å²) in [6, 6.07) is 7.58. The molecule has 4 rings (SSSR count). The molecular weight excluding hydrogens is 382 g/mol. The van der Waals surface area contributed by atoms with Gasteiger partial charge in [0.15, 0.2) is 0 Å². The highest BCUT2D eigenvalue weighted by Gasteiger charge is 2.40. The van der Waals surface area contributed by atoms with Crippen LogP contribution in [-0.2, 0) is 4.74 Å². The second-order valence-electron chi connectivity index (χ2n) is 7.29. The highest BCUT2D eigenvalue weighted by molar-refractivity contribution is 5.44. The van der Waals surface area contributed by atoms with Crippen LogP contribution in [0, 0.1) is 0 Å². The van der Waals surface area contributed by atoms with Crippen LogP contribution in [0.25, 0.3) is 0 Å². The van der Waals surface area contributed by atoms with Crippen molar-refractivity contribution in [1.29, 1.82) is 0 Å². The summed E-state index contributed by atoms with van der Waals surface area (Å²) in [5.41, 5.74) is 0.446. The van der Waals surface area contributed by atoms with Gasteiger partial charge in [-0.1, -0.05) is 24.3 Å². The van der Waals surface area contributed by atoms with E-state index in [1.54, 1.807) is 24.3 Å². The van der Waals surface area contributed by atoms with Crippen LogP contribution < -0.4 is 11.0 Å². The molecule has 0 radical (unpaired) electrons. The summed E-state index contributed by atoms with van der Waals surface area (Å²) < 4.78 is 6.69. The summed E-state index contributed by atoms with van der Waals surface area (Å²) in [6.07, 6.45) is -4.71. The van der Waals surface area contributed by atoms with Crippen molar-refractivity contribution >= 4 is 5.82 Å². The van der Waals surface area contributed by atoms with E-state index in [1.165, 1.54) is 16.8 Å². The van der Waals surface area contributed by atoms with E-state index in [-0.39, 0.29) is 18.8 Å². The zero-order valence-electron chi connectivity index (χ0n) is 15.4. The third kappa shape index (κ3) is 3.54. The number of aliphatic hydroxyl groups excluding tert-OH is 5. The van der Waals surface area contributed by atoms with Gasteiger partial charge in [0.25, 0.3) is 0 Å². The highest BCUT2D eigenvalue weighted by Crippen LogP contribution is 2.38. The largest absolute Gasteiger partial charge is 0.394 e. The molecule has 6 N–H and O–H groups in total. The normalized spacial score (nSPS) is 34.0. The SMILES string of the molecule is O=c1nc(N[C@H]2c3ccccc3[C@@H](O)[C@H](O)[C@@H]2O)ccn1[C@H]1C[C@H](O)[C@@H](CO)O1. The molecule has 0 spiro atoms. The fraction of sp³-hybridized carbons (Fsp3) is 0.474. The number of nitrogens with one attached hydrogen (secondary N) is 1. The summed E-state index contributed by atoms with van der Waals surface area (Å²) in [7, 11) is 0. The van der Waals surface area contributed by atoms with E-state index in [0.29, 0.717) is 11.1 Å². The third-order valence-corrected chi connectivity index (χ3v) is 5.49. The fourth-order valence-electron chi connectivity index (χ4n) is 3.90. The number of hydrogen-bond donors (Lipinski definition) is 6. The number of rotatable bonds is 4. The summed E-state index contributed by atoms with van der Waals surface area (Å²) >= 11 is 0. The Labute approximate surface area is 165 Å². The van der Waals surface area contributed by atoms with Crippen molar-refractivity contribution in [2.24, 2.45) is 0 Å². The number of anilines is 1. The van der Waals surface area contributed by atoms with Crippen LogP contribution in [0.5, 0.6) is 0 Å². The molecular formula is C19H23N3O7. The van der Waals surface area contributed by atoms with Crippen molar-refractivity contribution in [1.82, 2.24) is 9.55 Å². The number of nitrogens with zero attached hydrogens (tertiary/aromatic N) is 2. The lowest BCUT2D eigenvalue weighted by atomic mass is 9.82. The van der Waals surface area contributed by atoms with Gasteiger partial charge in [-0.25, -0.2) is 4.79 Å². The van der Waals surface area contributed by atoms with E-state index in [1.807, 2.05) is 0 Å². The average molecular weight is 405 g/mol. The Morgan fingerprint density at radius 2 is 1.83 bits per heavy atom. The van der Waals surface area contributed by atoms with Crippen molar-refractivity contribution in [2.75, 3.05) is 11.9 Å². The summed E-state index contributed by atoms with van der Waals surface area (Å²) in [5.74, 6) is 0.172. The van der Waals surface area contributed by atoms with E-state index >= 15 is 0 Å². The van der Waals surface area contributed by atoms with Crippen LogP contribution in [0.4, 0.5) is 5.82 Å². The van der Waals surface area contributed by atoms with Crippen LogP contribution >= 0.6 is 0 Å². The second-order valence-corrected chi connectivity index (χ2v) is 7.29. The minimum atomic E-state index is -1.40. The molecule has 1 aliphatic heterocycles. The number of aliphatic hydroxyl groups is 5. The van der Waals surface area contributed by atoms with Gasteiger partial charge in [-0.3, -0.25) is 4.57 Å². The molecule has 2 heterocycles. The number of fused-ring (bicyclic) bond motifs is 1. The van der Waals surface area contributed by atoms with E-state index in [0.717, 1.165) is 0 Å². The molecule has 156 valence electrons. The molecule has 7 atom stereocenters. The lowest BCUT2D eigenvalue weighted by molar-refractivity contribution is -0.0770. The van der Waals surface area contributed by atoms with Gasteiger partial charge in [0.1, 0.15) is 36.5 Å². The minimum absolute atomic E-state index is 0.151. The zero-order valence-corrected chi connectivity index (χ0v) is 15.4. The van der Waals surface area contributed by atoms with E-state index < -0.39 is 48.5 Å². The first-order chi connectivity index (χ1) is 13.9. The number of benzene rings is 1. The summed E-state index contributed by atoms with van der Waals surface area (Å²) in [4.78, 5) is 16.4. The molecule has 0 bridgehead atoms. The van der Waals surface area contributed by atoms with Crippen molar-refractivity contribution in [3.63, 3.8) is 0 Å². The fourth-order valence-corrected chi connectivity index (χ4v) is 3.90. The summed E-state index contributed by atoms with van der Waals surface area (Å²) in [5, 5.41) is 52.8.